The quantitative estimate of drug-likeness (QED) is 0.803. The van der Waals surface area contributed by atoms with Crippen LogP contribution < -0.4 is 10.7 Å². The maximum absolute atomic E-state index is 11.5. The highest BCUT2D eigenvalue weighted by Crippen LogP contribution is 2.19. The minimum atomic E-state index is -0.309. The molecule has 1 heterocycles. The molecule has 1 aliphatic heterocycles. The molecule has 0 aliphatic carbocycles. The molecule has 0 saturated heterocycles. The second-order valence-corrected chi connectivity index (χ2v) is 5.23. The lowest BCUT2D eigenvalue weighted by Gasteiger charge is -2.22. The molecule has 7 nitrogen and oxygen atoms in total. The molecule has 0 bridgehead atoms. The first-order chi connectivity index (χ1) is 11.0. The van der Waals surface area contributed by atoms with Gasteiger partial charge in [0, 0.05) is 31.4 Å². The molecule has 1 unspecified atom stereocenters. The van der Waals surface area contributed by atoms with E-state index in [0.29, 0.717) is 11.4 Å². The highest BCUT2D eigenvalue weighted by atomic mass is 16.5. The summed E-state index contributed by atoms with van der Waals surface area (Å²) < 4.78 is 5.15. The molecule has 0 radical (unpaired) electrons. The number of nitrogens with one attached hydrogen (secondary N) is 2. The molecule has 1 aromatic carbocycles. The van der Waals surface area contributed by atoms with Crippen LogP contribution in [-0.4, -0.2) is 30.1 Å². The number of amides is 2. The summed E-state index contributed by atoms with van der Waals surface area (Å²) >= 11 is 0. The van der Waals surface area contributed by atoms with Crippen LogP contribution in [0.15, 0.2) is 29.4 Å². The molecule has 2 amide bonds. The summed E-state index contributed by atoms with van der Waals surface area (Å²) in [6.45, 7) is 3.27. The summed E-state index contributed by atoms with van der Waals surface area (Å²) in [6, 6.07) is 7.11. The molecule has 1 aliphatic rings. The second kappa shape index (κ2) is 7.53. The van der Waals surface area contributed by atoms with Crippen LogP contribution in [0.2, 0.25) is 0 Å². The van der Waals surface area contributed by atoms with Crippen LogP contribution in [0.5, 0.6) is 0 Å². The lowest BCUT2D eigenvalue weighted by Crippen LogP contribution is -2.36. The van der Waals surface area contributed by atoms with Crippen LogP contribution in [-0.2, 0) is 19.1 Å². The molecule has 0 aromatic heterocycles. The zero-order chi connectivity index (χ0) is 16.8. The number of rotatable bonds is 5. The van der Waals surface area contributed by atoms with Gasteiger partial charge in [-0.2, -0.15) is 5.10 Å². The van der Waals surface area contributed by atoms with E-state index in [1.165, 1.54) is 6.92 Å². The van der Waals surface area contributed by atoms with Gasteiger partial charge in [0.1, 0.15) is 6.61 Å². The summed E-state index contributed by atoms with van der Waals surface area (Å²) in [6.07, 6.45) is 0.500. The van der Waals surface area contributed by atoms with E-state index in [0.717, 1.165) is 5.56 Å². The number of nitrogens with zero attached hydrogens (tertiary/aromatic N) is 1. The predicted molar refractivity (Wildman–Crippen MR) is 84.8 cm³/mol. The summed E-state index contributed by atoms with van der Waals surface area (Å²) in [5, 5.41) is 6.78. The van der Waals surface area contributed by atoms with Gasteiger partial charge in [-0.05, 0) is 17.7 Å². The molecule has 1 atom stereocenters. The Morgan fingerprint density at radius 1 is 1.35 bits per heavy atom. The van der Waals surface area contributed by atoms with Crippen molar-refractivity contribution in [2.75, 3.05) is 11.9 Å². The minimum Gasteiger partial charge on any atom is -0.465 e. The van der Waals surface area contributed by atoms with Crippen molar-refractivity contribution in [3.8, 4) is 0 Å². The first-order valence-corrected chi connectivity index (χ1v) is 7.39. The molecule has 0 spiro atoms. The standard InChI is InChI=1S/C16H19N3O4/c1-3-15(22)23-9-12-8-14(21)18-19-16(12)11-4-6-13(7-5-11)17-10(2)20/h4-7,12H,3,8-9H2,1-2H3,(H,17,20)(H,18,21). The van der Waals surface area contributed by atoms with Crippen LogP contribution in [0.1, 0.15) is 32.3 Å². The van der Waals surface area contributed by atoms with Crippen molar-refractivity contribution in [2.45, 2.75) is 26.7 Å². The lowest BCUT2D eigenvalue weighted by atomic mass is 9.93. The van der Waals surface area contributed by atoms with Gasteiger partial charge >= 0.3 is 5.97 Å². The number of carbonyl (C=O) groups excluding carboxylic acids is 3. The molecular formula is C16H19N3O4. The monoisotopic (exact) mass is 317 g/mol. The second-order valence-electron chi connectivity index (χ2n) is 5.23. The van der Waals surface area contributed by atoms with Gasteiger partial charge in [0.25, 0.3) is 0 Å². The van der Waals surface area contributed by atoms with Crippen LogP contribution in [0.25, 0.3) is 0 Å². The fourth-order valence-electron chi connectivity index (χ4n) is 2.24. The van der Waals surface area contributed by atoms with E-state index in [1.807, 2.05) is 0 Å². The SMILES string of the molecule is CCC(=O)OCC1CC(=O)NN=C1c1ccc(NC(C)=O)cc1. The number of anilines is 1. The number of benzene rings is 1. The van der Waals surface area contributed by atoms with Crippen LogP contribution >= 0.6 is 0 Å². The van der Waals surface area contributed by atoms with Gasteiger partial charge in [-0.1, -0.05) is 19.1 Å². The highest BCUT2D eigenvalue weighted by Gasteiger charge is 2.26. The maximum atomic E-state index is 11.5. The van der Waals surface area contributed by atoms with Crippen LogP contribution in [0.4, 0.5) is 5.69 Å². The van der Waals surface area contributed by atoms with Crippen molar-refractivity contribution in [3.63, 3.8) is 0 Å². The molecule has 0 fully saturated rings. The van der Waals surface area contributed by atoms with Crippen molar-refractivity contribution >= 4 is 29.2 Å². The summed E-state index contributed by atoms with van der Waals surface area (Å²) in [5.74, 6) is -0.951. The fraction of sp³-hybridized carbons (Fsp3) is 0.375. The molecule has 7 heteroatoms. The number of carbonyl (C=O) groups is 3. The van der Waals surface area contributed by atoms with E-state index in [9.17, 15) is 14.4 Å². The molecule has 2 rings (SSSR count). The third kappa shape index (κ3) is 4.64. The Morgan fingerprint density at radius 3 is 2.65 bits per heavy atom. The van der Waals surface area contributed by atoms with Crippen molar-refractivity contribution in [3.05, 3.63) is 29.8 Å². The van der Waals surface area contributed by atoms with Gasteiger partial charge in [0.2, 0.25) is 11.8 Å². The van der Waals surface area contributed by atoms with Crippen molar-refractivity contribution in [1.29, 1.82) is 0 Å². The van der Waals surface area contributed by atoms with Gasteiger partial charge in [-0.15, -0.1) is 0 Å². The number of ether oxygens (including phenoxy) is 1. The molecule has 2 N–H and O–H groups in total. The number of hydrazone groups is 1. The van der Waals surface area contributed by atoms with E-state index in [1.54, 1.807) is 31.2 Å². The number of hydrogen-bond acceptors (Lipinski definition) is 5. The smallest absolute Gasteiger partial charge is 0.305 e. The Balaban J connectivity index is 2.15. The highest BCUT2D eigenvalue weighted by molar-refractivity contribution is 6.06. The van der Waals surface area contributed by atoms with Gasteiger partial charge in [-0.25, -0.2) is 5.43 Å². The molecular weight excluding hydrogens is 298 g/mol. The molecule has 23 heavy (non-hydrogen) atoms. The van der Waals surface area contributed by atoms with Crippen molar-refractivity contribution in [2.24, 2.45) is 11.0 Å². The minimum absolute atomic E-state index is 0.117. The zero-order valence-corrected chi connectivity index (χ0v) is 13.1. The Kier molecular flexibility index (Phi) is 5.46. The van der Waals surface area contributed by atoms with E-state index in [-0.39, 0.29) is 43.2 Å². The number of esters is 1. The van der Waals surface area contributed by atoms with E-state index < -0.39 is 0 Å². The third-order valence-electron chi connectivity index (χ3n) is 3.35. The third-order valence-corrected chi connectivity index (χ3v) is 3.35. The van der Waals surface area contributed by atoms with Gasteiger partial charge < -0.3 is 10.1 Å². The van der Waals surface area contributed by atoms with E-state index in [4.69, 9.17) is 4.74 Å². The summed E-state index contributed by atoms with van der Waals surface area (Å²) in [4.78, 5) is 33.9. The topological polar surface area (TPSA) is 96.9 Å². The first-order valence-electron chi connectivity index (χ1n) is 7.39. The molecule has 1 aromatic rings. The van der Waals surface area contributed by atoms with Gasteiger partial charge in [0.15, 0.2) is 0 Å². The van der Waals surface area contributed by atoms with Crippen LogP contribution in [0.3, 0.4) is 0 Å². The lowest BCUT2D eigenvalue weighted by molar-refractivity contribution is -0.144. The summed E-state index contributed by atoms with van der Waals surface area (Å²) in [5.41, 5.74) is 4.58. The molecule has 0 saturated carbocycles. The molecule has 122 valence electrons. The maximum Gasteiger partial charge on any atom is 0.305 e. The van der Waals surface area contributed by atoms with Crippen LogP contribution in [0, 0.1) is 5.92 Å². The van der Waals surface area contributed by atoms with Gasteiger partial charge in [0.05, 0.1) is 5.71 Å². The van der Waals surface area contributed by atoms with E-state index >= 15 is 0 Å². The van der Waals surface area contributed by atoms with Crippen molar-refractivity contribution in [1.82, 2.24) is 5.43 Å². The Bertz CT molecular complexity index is 637. The number of hydrogen-bond donors (Lipinski definition) is 2. The fourth-order valence-corrected chi connectivity index (χ4v) is 2.24. The first kappa shape index (κ1) is 16.7. The largest absolute Gasteiger partial charge is 0.465 e. The predicted octanol–water partition coefficient (Wildman–Crippen LogP) is 1.44. The normalized spacial score (nSPS) is 17.0. The Morgan fingerprint density at radius 2 is 2.04 bits per heavy atom. The zero-order valence-electron chi connectivity index (χ0n) is 13.1. The Labute approximate surface area is 134 Å². The van der Waals surface area contributed by atoms with E-state index in [2.05, 4.69) is 15.8 Å². The summed E-state index contributed by atoms with van der Waals surface area (Å²) in [7, 11) is 0. The Hall–Kier alpha value is -2.70. The van der Waals surface area contributed by atoms with Gasteiger partial charge in [-0.3, -0.25) is 14.4 Å². The average molecular weight is 317 g/mol. The van der Waals surface area contributed by atoms with Crippen molar-refractivity contribution < 1.29 is 19.1 Å². The average Bonchev–Trinajstić information content (AvgIpc) is 2.53.